The second kappa shape index (κ2) is 16.0. The van der Waals surface area contributed by atoms with E-state index in [2.05, 4.69) is 44.9 Å². The Morgan fingerprint density at radius 2 is 1.64 bits per heavy atom. The molecule has 1 aromatic rings. The van der Waals surface area contributed by atoms with Crippen molar-refractivity contribution >= 4 is 29.5 Å². The lowest BCUT2D eigenvalue weighted by Crippen LogP contribution is -2.62. The molecule has 0 radical (unpaired) electrons. The lowest BCUT2D eigenvalue weighted by molar-refractivity contribution is -0.203. The van der Waals surface area contributed by atoms with Crippen LogP contribution in [-0.4, -0.2) is 82.7 Å². The maximum Gasteiger partial charge on any atom is 0.248 e. The lowest BCUT2D eigenvalue weighted by Gasteiger charge is -2.64. The van der Waals surface area contributed by atoms with Crippen LogP contribution in [0.2, 0.25) is 0 Å². The van der Waals surface area contributed by atoms with E-state index in [4.69, 9.17) is 4.42 Å². The number of aliphatic hydroxyl groups excluding tert-OH is 2. The molecule has 11 atom stereocenters. The van der Waals surface area contributed by atoms with Crippen LogP contribution >= 0.6 is 0 Å². The molecule has 4 N–H and O–H groups in total. The predicted octanol–water partition coefficient (Wildman–Crippen LogP) is 5.38. The van der Waals surface area contributed by atoms with Crippen molar-refractivity contribution < 1.29 is 33.8 Å². The van der Waals surface area contributed by atoms with E-state index in [-0.39, 0.29) is 77.6 Å². The number of anilines is 1. The van der Waals surface area contributed by atoms with Gasteiger partial charge >= 0.3 is 0 Å². The fourth-order valence-electron chi connectivity index (χ4n) is 13.1. The number of aliphatic hydroxyl groups is 2. The zero-order valence-corrected chi connectivity index (χ0v) is 33.6. The van der Waals surface area contributed by atoms with Crippen LogP contribution < -0.4 is 15.5 Å². The Hall–Kier alpha value is -3.18. The van der Waals surface area contributed by atoms with E-state index in [0.29, 0.717) is 73.1 Å². The molecule has 1 saturated heterocycles. The smallest absolute Gasteiger partial charge is 0.248 e. The minimum Gasteiger partial charge on any atom is -0.445 e. The molecule has 7 rings (SSSR count). The van der Waals surface area contributed by atoms with Crippen LogP contribution in [-0.2, 0) is 25.6 Å². The summed E-state index contributed by atoms with van der Waals surface area (Å²) in [6.45, 7) is 13.8. The molecule has 5 aliphatic carbocycles. The van der Waals surface area contributed by atoms with Gasteiger partial charge in [-0.2, -0.15) is 0 Å². The van der Waals surface area contributed by atoms with E-state index in [1.54, 1.807) is 12.1 Å². The summed E-state index contributed by atoms with van der Waals surface area (Å²) < 4.78 is 5.87. The number of nitrogens with zero attached hydrogens (tertiary/aromatic N) is 2. The molecule has 4 amide bonds. The summed E-state index contributed by atoms with van der Waals surface area (Å²) in [6, 6.07) is 3.63. The Labute approximate surface area is 327 Å². The van der Waals surface area contributed by atoms with Crippen molar-refractivity contribution in [3.05, 3.63) is 30.5 Å². The maximum absolute atomic E-state index is 13.1. The van der Waals surface area contributed by atoms with Crippen LogP contribution in [0.3, 0.4) is 0 Å². The van der Waals surface area contributed by atoms with Gasteiger partial charge in [-0.15, -0.1) is 0 Å². The van der Waals surface area contributed by atoms with Crippen molar-refractivity contribution in [2.75, 3.05) is 24.5 Å². The minimum atomic E-state index is -0.286. The van der Waals surface area contributed by atoms with Crippen molar-refractivity contribution in [2.24, 2.45) is 52.3 Å². The highest BCUT2D eigenvalue weighted by molar-refractivity contribution is 5.98. The number of hydrogen-bond acceptors (Lipinski definition) is 7. The Morgan fingerprint density at radius 3 is 2.33 bits per heavy atom. The fraction of sp³-hybridized carbons (Fsp3) is 0.773. The normalized spacial score (nSPS) is 38.9. The van der Waals surface area contributed by atoms with Gasteiger partial charge in [-0.05, 0) is 129 Å². The van der Waals surface area contributed by atoms with Crippen molar-refractivity contribution in [3.8, 4) is 0 Å². The number of carbonyl (C=O) groups is 4. The van der Waals surface area contributed by atoms with Gasteiger partial charge in [0.25, 0.3) is 0 Å². The van der Waals surface area contributed by atoms with Crippen LogP contribution in [0.25, 0.3) is 0 Å². The molecule has 0 spiro atoms. The van der Waals surface area contributed by atoms with Crippen molar-refractivity contribution in [3.63, 3.8) is 0 Å². The molecule has 0 bridgehead atoms. The number of fused-ring (bicyclic) bond motifs is 5. The molecule has 6 aliphatic rings. The molecule has 0 aromatic carbocycles. The first kappa shape index (κ1) is 40.0. The van der Waals surface area contributed by atoms with E-state index in [0.717, 1.165) is 44.9 Å². The first-order valence-corrected chi connectivity index (χ1v) is 21.5. The van der Waals surface area contributed by atoms with Crippen molar-refractivity contribution in [1.29, 1.82) is 0 Å². The van der Waals surface area contributed by atoms with Gasteiger partial charge in [-0.1, -0.05) is 40.7 Å². The number of hydrogen-bond donors (Lipinski definition) is 4. The highest BCUT2D eigenvalue weighted by Crippen LogP contribution is 2.69. The zero-order valence-electron chi connectivity index (χ0n) is 33.6. The molecule has 5 saturated carbocycles. The van der Waals surface area contributed by atoms with Gasteiger partial charge in [-0.25, -0.2) is 0 Å². The van der Waals surface area contributed by atoms with Gasteiger partial charge in [0.1, 0.15) is 12.3 Å². The standard InChI is InChI=1S/C44H66N4O7/c1-6-31-35-24-29(49)16-18-44(35,5)34-17-19-43(4)32(11-12-33(43)41(34)42(31)54)26(3)8-13-36(50)45-27-22-28(23-27)46-37(51)14-9-30-10-15-40(55-30)48-21-20-47(25-39(48)53)38(52)7-2/h7,10,15,26-29,31-35,41-42,49,54H,2,6,8-9,11-14,16-25H2,1,3-5H3,(H,45,50)(H,46,51)/t26-,27?,28?,29-,31?,32-,33+,34+,35?,41+,42-,43-,44-/m1/s1. The number of rotatable bonds is 12. The Kier molecular flexibility index (Phi) is 11.6. The van der Waals surface area contributed by atoms with Crippen LogP contribution in [0.15, 0.2) is 29.2 Å². The molecule has 11 heteroatoms. The third-order valence-corrected chi connectivity index (χ3v) is 16.1. The summed E-state index contributed by atoms with van der Waals surface area (Å²) in [6.07, 6.45) is 12.7. The second-order valence-electron chi connectivity index (χ2n) is 18.9. The van der Waals surface area contributed by atoms with Crippen LogP contribution in [0.4, 0.5) is 5.88 Å². The molecular formula is C44H66N4O7. The van der Waals surface area contributed by atoms with E-state index in [1.165, 1.54) is 41.6 Å². The number of furan rings is 1. The molecule has 6 fully saturated rings. The number of nitrogens with one attached hydrogen (secondary N) is 2. The SMILES string of the molecule is C=CC(=O)N1CCN(c2ccc(CCC(=O)NC3CC(NC(=O)CC[C@@H](C)[C@H]4CC[C@H]5[C@@H]6[C@H](O)C(CC)C7C[C@H](O)CC[C@]7(C)[C@H]6CC[C@]45C)C3)o2)C(=O)C1. The molecular weight excluding hydrogens is 697 g/mol. The highest BCUT2D eigenvalue weighted by atomic mass is 16.4. The first-order valence-electron chi connectivity index (χ1n) is 21.5. The second-order valence-corrected chi connectivity index (χ2v) is 18.9. The van der Waals surface area contributed by atoms with E-state index >= 15 is 0 Å². The maximum atomic E-state index is 13.1. The first-order chi connectivity index (χ1) is 26.2. The van der Waals surface area contributed by atoms with E-state index < -0.39 is 0 Å². The summed E-state index contributed by atoms with van der Waals surface area (Å²) in [7, 11) is 0. The summed E-state index contributed by atoms with van der Waals surface area (Å²) in [5.41, 5.74) is 0.396. The number of carbonyl (C=O) groups excluding carboxylic acids is 4. The molecule has 1 aliphatic heterocycles. The Bertz CT molecular complexity index is 1610. The van der Waals surface area contributed by atoms with Gasteiger partial charge in [-0.3, -0.25) is 24.1 Å². The van der Waals surface area contributed by atoms with Gasteiger partial charge < -0.3 is 30.2 Å². The average molecular weight is 763 g/mol. The van der Waals surface area contributed by atoms with Crippen molar-refractivity contribution in [2.45, 2.75) is 142 Å². The number of aryl methyl sites for hydroxylation is 1. The average Bonchev–Trinajstić information content (AvgIpc) is 3.77. The molecule has 1 aromatic heterocycles. The van der Waals surface area contributed by atoms with E-state index in [9.17, 15) is 29.4 Å². The fourth-order valence-corrected chi connectivity index (χ4v) is 13.1. The topological polar surface area (TPSA) is 152 Å². The summed E-state index contributed by atoms with van der Waals surface area (Å²) in [5, 5.41) is 28.9. The third kappa shape index (κ3) is 7.65. The largest absolute Gasteiger partial charge is 0.445 e. The van der Waals surface area contributed by atoms with Crippen LogP contribution in [0.1, 0.15) is 117 Å². The summed E-state index contributed by atoms with van der Waals surface area (Å²) in [4.78, 5) is 53.2. The van der Waals surface area contributed by atoms with Crippen LogP contribution in [0.5, 0.6) is 0 Å². The van der Waals surface area contributed by atoms with Gasteiger partial charge in [0.2, 0.25) is 29.5 Å². The Balaban J connectivity index is 0.821. The lowest BCUT2D eigenvalue weighted by atomic mass is 9.41. The quantitative estimate of drug-likeness (QED) is 0.209. The molecule has 2 heterocycles. The van der Waals surface area contributed by atoms with Gasteiger partial charge in [0.15, 0.2) is 0 Å². The number of piperazine rings is 1. The van der Waals surface area contributed by atoms with E-state index in [1.807, 2.05) is 0 Å². The highest BCUT2D eigenvalue weighted by Gasteiger charge is 2.64. The van der Waals surface area contributed by atoms with Gasteiger partial charge in [0.05, 0.1) is 12.2 Å². The monoisotopic (exact) mass is 762 g/mol. The van der Waals surface area contributed by atoms with Crippen molar-refractivity contribution in [1.82, 2.24) is 15.5 Å². The van der Waals surface area contributed by atoms with Crippen LogP contribution in [0, 0.1) is 52.3 Å². The predicted molar refractivity (Wildman–Crippen MR) is 209 cm³/mol. The Morgan fingerprint density at radius 1 is 0.945 bits per heavy atom. The molecule has 55 heavy (non-hydrogen) atoms. The summed E-state index contributed by atoms with van der Waals surface area (Å²) >= 11 is 0. The molecule has 2 unspecified atom stereocenters. The summed E-state index contributed by atoms with van der Waals surface area (Å²) in [5.74, 6) is 3.64. The third-order valence-electron chi connectivity index (χ3n) is 16.1. The van der Waals surface area contributed by atoms with Gasteiger partial charge in [0, 0.05) is 50.5 Å². The zero-order chi connectivity index (χ0) is 39.2. The minimum absolute atomic E-state index is 0.0212. The number of amides is 4. The molecule has 11 nitrogen and oxygen atoms in total. The molecule has 304 valence electrons.